The maximum Gasteiger partial charge on any atom is 0.408 e. The summed E-state index contributed by atoms with van der Waals surface area (Å²) in [5, 5.41) is 2.43. The standard InChI is InChI=1S/C13H23NO5/c1-8(15)18-10(16)9(12(2,3)4)14-11(17)19-13(5,6)7/h9H,1-7H3,(H,14,17)/t9-/m0/s1. The molecule has 0 aromatic heterocycles. The molecule has 1 N–H and O–H groups in total. The first-order valence-corrected chi connectivity index (χ1v) is 6.04. The van der Waals surface area contributed by atoms with Crippen LogP contribution in [0.2, 0.25) is 0 Å². The monoisotopic (exact) mass is 273 g/mol. The zero-order chi connectivity index (χ0) is 15.4. The Hall–Kier alpha value is -1.59. The highest BCUT2D eigenvalue weighted by Gasteiger charge is 2.36. The van der Waals surface area contributed by atoms with Gasteiger partial charge in [0.25, 0.3) is 0 Å². The van der Waals surface area contributed by atoms with Crippen LogP contribution in [-0.4, -0.2) is 29.7 Å². The average Bonchev–Trinajstić information content (AvgIpc) is 2.07. The van der Waals surface area contributed by atoms with Gasteiger partial charge in [-0.2, -0.15) is 0 Å². The lowest BCUT2D eigenvalue weighted by molar-refractivity contribution is -0.161. The number of nitrogens with one attached hydrogen (secondary N) is 1. The van der Waals surface area contributed by atoms with Crippen molar-refractivity contribution in [3.05, 3.63) is 0 Å². The molecule has 0 aliphatic carbocycles. The molecule has 0 rings (SSSR count). The Morgan fingerprint density at radius 3 is 1.79 bits per heavy atom. The van der Waals surface area contributed by atoms with Gasteiger partial charge in [0.15, 0.2) is 0 Å². The van der Waals surface area contributed by atoms with Crippen LogP contribution in [0.25, 0.3) is 0 Å². The first kappa shape index (κ1) is 17.4. The number of alkyl carbamates (subject to hydrolysis) is 1. The van der Waals surface area contributed by atoms with Crippen LogP contribution in [0, 0.1) is 5.41 Å². The van der Waals surface area contributed by atoms with E-state index in [9.17, 15) is 14.4 Å². The molecule has 0 unspecified atom stereocenters. The molecular formula is C13H23NO5. The zero-order valence-corrected chi connectivity index (χ0v) is 12.6. The highest BCUT2D eigenvalue weighted by atomic mass is 16.6. The maximum absolute atomic E-state index is 11.8. The molecule has 110 valence electrons. The molecule has 1 amide bonds. The lowest BCUT2D eigenvalue weighted by Gasteiger charge is -2.30. The van der Waals surface area contributed by atoms with E-state index in [-0.39, 0.29) is 0 Å². The van der Waals surface area contributed by atoms with Gasteiger partial charge in [-0.15, -0.1) is 0 Å². The van der Waals surface area contributed by atoms with Gasteiger partial charge in [0.05, 0.1) is 0 Å². The SMILES string of the molecule is CC(=O)OC(=O)[C@H](NC(=O)OC(C)(C)C)C(C)(C)C. The molecule has 1 atom stereocenters. The summed E-state index contributed by atoms with van der Waals surface area (Å²) in [4.78, 5) is 34.3. The Labute approximate surface area is 113 Å². The van der Waals surface area contributed by atoms with Gasteiger partial charge in [0, 0.05) is 6.92 Å². The van der Waals surface area contributed by atoms with Gasteiger partial charge >= 0.3 is 18.0 Å². The third-order valence-electron chi connectivity index (χ3n) is 2.01. The summed E-state index contributed by atoms with van der Waals surface area (Å²) >= 11 is 0. The number of carbonyl (C=O) groups is 3. The Morgan fingerprint density at radius 2 is 1.47 bits per heavy atom. The molecule has 0 fully saturated rings. The van der Waals surface area contributed by atoms with Crippen molar-refractivity contribution in [2.24, 2.45) is 5.41 Å². The number of rotatable bonds is 2. The highest BCUT2D eigenvalue weighted by Crippen LogP contribution is 2.21. The molecule has 0 heterocycles. The molecule has 6 heteroatoms. The van der Waals surface area contributed by atoms with Gasteiger partial charge in [0.1, 0.15) is 11.6 Å². The minimum absolute atomic E-state index is 0.608. The van der Waals surface area contributed by atoms with Gasteiger partial charge in [0.2, 0.25) is 0 Å². The number of hydrogen-bond acceptors (Lipinski definition) is 5. The molecule has 0 aliphatic heterocycles. The molecule has 0 radical (unpaired) electrons. The number of ether oxygens (including phenoxy) is 2. The average molecular weight is 273 g/mol. The van der Waals surface area contributed by atoms with Crippen LogP contribution < -0.4 is 5.32 Å². The third kappa shape index (κ3) is 7.43. The number of carbonyl (C=O) groups excluding carboxylic acids is 3. The Bertz CT molecular complexity index is 362. The van der Waals surface area contributed by atoms with Crippen LogP contribution in [0.4, 0.5) is 4.79 Å². The van der Waals surface area contributed by atoms with E-state index in [1.807, 2.05) is 0 Å². The molecule has 0 spiro atoms. The molecule has 0 bridgehead atoms. The van der Waals surface area contributed by atoms with E-state index in [1.54, 1.807) is 41.5 Å². The van der Waals surface area contributed by atoms with Gasteiger partial charge in [-0.05, 0) is 26.2 Å². The van der Waals surface area contributed by atoms with Crippen LogP contribution in [0.1, 0.15) is 48.5 Å². The third-order valence-corrected chi connectivity index (χ3v) is 2.01. The van der Waals surface area contributed by atoms with Crippen molar-refractivity contribution < 1.29 is 23.9 Å². The van der Waals surface area contributed by atoms with E-state index in [2.05, 4.69) is 10.1 Å². The van der Waals surface area contributed by atoms with Gasteiger partial charge in [-0.25, -0.2) is 9.59 Å². The second-order valence-corrected chi connectivity index (χ2v) is 6.36. The van der Waals surface area contributed by atoms with Crippen molar-refractivity contribution in [1.29, 1.82) is 0 Å². The molecule has 0 saturated heterocycles. The molecular weight excluding hydrogens is 250 g/mol. The Kier molecular flexibility index (Phi) is 5.53. The first-order valence-electron chi connectivity index (χ1n) is 6.04. The summed E-state index contributed by atoms with van der Waals surface area (Å²) in [6, 6.07) is -0.966. The second kappa shape index (κ2) is 6.04. The second-order valence-electron chi connectivity index (χ2n) is 6.36. The van der Waals surface area contributed by atoms with Crippen molar-refractivity contribution in [2.45, 2.75) is 60.1 Å². The first-order chi connectivity index (χ1) is 8.33. The van der Waals surface area contributed by atoms with Crippen LogP contribution in [0.15, 0.2) is 0 Å². The molecule has 0 aromatic rings. The van der Waals surface area contributed by atoms with Crippen molar-refractivity contribution in [2.75, 3.05) is 0 Å². The van der Waals surface area contributed by atoms with Crippen molar-refractivity contribution in [1.82, 2.24) is 5.32 Å². The summed E-state index contributed by atoms with van der Waals surface area (Å²) in [6.45, 7) is 11.5. The quantitative estimate of drug-likeness (QED) is 0.615. The molecule has 19 heavy (non-hydrogen) atoms. The smallest absolute Gasteiger partial charge is 0.408 e. The van der Waals surface area contributed by atoms with E-state index in [4.69, 9.17) is 4.74 Å². The predicted molar refractivity (Wildman–Crippen MR) is 69.4 cm³/mol. The highest BCUT2D eigenvalue weighted by molar-refractivity contribution is 5.90. The lowest BCUT2D eigenvalue weighted by atomic mass is 9.87. The van der Waals surface area contributed by atoms with E-state index in [0.717, 1.165) is 6.92 Å². The summed E-state index contributed by atoms with van der Waals surface area (Å²) in [7, 11) is 0. The summed E-state index contributed by atoms with van der Waals surface area (Å²) in [6.07, 6.45) is -0.729. The predicted octanol–water partition coefficient (Wildman–Crippen LogP) is 2.02. The summed E-state index contributed by atoms with van der Waals surface area (Å²) in [5.74, 6) is -1.52. The van der Waals surface area contributed by atoms with Gasteiger partial charge in [-0.3, -0.25) is 4.79 Å². The Morgan fingerprint density at radius 1 is 1.00 bits per heavy atom. The minimum atomic E-state index is -0.966. The minimum Gasteiger partial charge on any atom is -0.444 e. The molecule has 0 aromatic carbocycles. The largest absolute Gasteiger partial charge is 0.444 e. The van der Waals surface area contributed by atoms with E-state index < -0.39 is 35.1 Å². The van der Waals surface area contributed by atoms with Crippen LogP contribution in [0.3, 0.4) is 0 Å². The number of esters is 2. The zero-order valence-electron chi connectivity index (χ0n) is 12.6. The molecule has 6 nitrogen and oxygen atoms in total. The maximum atomic E-state index is 11.8. The topological polar surface area (TPSA) is 81.7 Å². The fourth-order valence-corrected chi connectivity index (χ4v) is 1.25. The fraction of sp³-hybridized carbons (Fsp3) is 0.769. The lowest BCUT2D eigenvalue weighted by Crippen LogP contribution is -2.51. The number of hydrogen-bond donors (Lipinski definition) is 1. The fourth-order valence-electron chi connectivity index (χ4n) is 1.25. The summed E-state index contributed by atoms with van der Waals surface area (Å²) in [5.41, 5.74) is -1.28. The van der Waals surface area contributed by atoms with E-state index in [1.165, 1.54) is 0 Å². The molecule has 0 saturated carbocycles. The van der Waals surface area contributed by atoms with Gasteiger partial charge in [-0.1, -0.05) is 20.8 Å². The molecule has 0 aliphatic rings. The van der Waals surface area contributed by atoms with Crippen LogP contribution in [-0.2, 0) is 19.1 Å². The Balaban J connectivity index is 4.85. The van der Waals surface area contributed by atoms with Crippen molar-refractivity contribution in [3.8, 4) is 0 Å². The summed E-state index contributed by atoms with van der Waals surface area (Å²) < 4.78 is 9.60. The van der Waals surface area contributed by atoms with Crippen molar-refractivity contribution >= 4 is 18.0 Å². The van der Waals surface area contributed by atoms with Crippen LogP contribution in [0.5, 0.6) is 0 Å². The number of amides is 1. The van der Waals surface area contributed by atoms with Crippen LogP contribution >= 0.6 is 0 Å². The van der Waals surface area contributed by atoms with E-state index >= 15 is 0 Å². The van der Waals surface area contributed by atoms with E-state index in [0.29, 0.717) is 0 Å². The van der Waals surface area contributed by atoms with Crippen molar-refractivity contribution in [3.63, 3.8) is 0 Å². The van der Waals surface area contributed by atoms with Gasteiger partial charge < -0.3 is 14.8 Å². The normalized spacial score (nSPS) is 13.4.